The fourth-order valence-corrected chi connectivity index (χ4v) is 5.23. The topological polar surface area (TPSA) is 29.3 Å². The summed E-state index contributed by atoms with van der Waals surface area (Å²) in [5, 5.41) is 0. The van der Waals surface area contributed by atoms with Gasteiger partial charge in [0.25, 0.3) is 0 Å². The number of likely N-dealkylation sites (tertiary alicyclic amines) is 1. The summed E-state index contributed by atoms with van der Waals surface area (Å²) in [6, 6.07) is 0. The molecule has 3 aliphatic rings. The van der Waals surface area contributed by atoms with Crippen molar-refractivity contribution in [3.8, 4) is 0 Å². The Balaban J connectivity index is 1.83. The Morgan fingerprint density at radius 3 is 2.17 bits per heavy atom. The zero-order valence-electron chi connectivity index (χ0n) is 12.3. The monoisotopic (exact) mass is 250 g/mol. The van der Waals surface area contributed by atoms with Crippen molar-refractivity contribution < 1.29 is 0 Å². The quantitative estimate of drug-likeness (QED) is 0.816. The summed E-state index contributed by atoms with van der Waals surface area (Å²) < 4.78 is 0. The van der Waals surface area contributed by atoms with Crippen molar-refractivity contribution in [2.24, 2.45) is 23.0 Å². The van der Waals surface area contributed by atoms with E-state index in [2.05, 4.69) is 18.7 Å². The van der Waals surface area contributed by atoms with Gasteiger partial charge in [-0.25, -0.2) is 0 Å². The van der Waals surface area contributed by atoms with E-state index in [4.69, 9.17) is 5.73 Å². The molecule has 0 spiro atoms. The number of fused-ring (bicyclic) bond motifs is 1. The number of nitrogens with two attached hydrogens (primary N) is 1. The maximum absolute atomic E-state index is 6.30. The Bertz CT molecular complexity index is 300. The first kappa shape index (κ1) is 12.9. The summed E-state index contributed by atoms with van der Waals surface area (Å²) in [6.45, 7) is 8.47. The lowest BCUT2D eigenvalue weighted by molar-refractivity contribution is -0.0347. The standard InChI is InChI=1S/C16H30N2/c1-15(2)8-3-4-9-16(15,12-17)18-10-13-6-5-7-14(13)11-18/h13-14H,3-12,17H2,1-2H3. The lowest BCUT2D eigenvalue weighted by Gasteiger charge is -2.55. The summed E-state index contributed by atoms with van der Waals surface area (Å²) in [5.41, 5.74) is 7.00. The van der Waals surface area contributed by atoms with Crippen molar-refractivity contribution in [2.75, 3.05) is 19.6 Å². The van der Waals surface area contributed by atoms with E-state index in [1.54, 1.807) is 0 Å². The van der Waals surface area contributed by atoms with Gasteiger partial charge in [-0.05, 0) is 42.9 Å². The Hall–Kier alpha value is -0.0800. The van der Waals surface area contributed by atoms with Gasteiger partial charge in [-0.1, -0.05) is 33.1 Å². The minimum atomic E-state index is 0.301. The molecular weight excluding hydrogens is 220 g/mol. The van der Waals surface area contributed by atoms with Crippen molar-refractivity contribution in [2.45, 2.75) is 64.3 Å². The Labute approximate surface area is 112 Å². The van der Waals surface area contributed by atoms with Crippen molar-refractivity contribution in [1.29, 1.82) is 0 Å². The molecule has 2 heteroatoms. The molecular formula is C16H30N2. The van der Waals surface area contributed by atoms with Crippen LogP contribution in [0.25, 0.3) is 0 Å². The first-order chi connectivity index (χ1) is 8.59. The number of hydrogen-bond donors (Lipinski definition) is 1. The van der Waals surface area contributed by atoms with Crippen LogP contribution in [0.15, 0.2) is 0 Å². The third-order valence-corrected chi connectivity index (χ3v) is 6.57. The fraction of sp³-hybridized carbons (Fsp3) is 1.00. The second-order valence-electron chi connectivity index (χ2n) is 7.68. The summed E-state index contributed by atoms with van der Waals surface area (Å²) in [4.78, 5) is 2.82. The van der Waals surface area contributed by atoms with E-state index in [-0.39, 0.29) is 0 Å². The molecule has 0 amide bonds. The zero-order valence-corrected chi connectivity index (χ0v) is 12.3. The van der Waals surface area contributed by atoms with E-state index in [1.807, 2.05) is 0 Å². The molecule has 3 rings (SSSR count). The molecule has 3 unspecified atom stereocenters. The van der Waals surface area contributed by atoms with Crippen LogP contribution >= 0.6 is 0 Å². The molecule has 0 bridgehead atoms. The summed E-state index contributed by atoms with van der Waals surface area (Å²) >= 11 is 0. The number of hydrogen-bond acceptors (Lipinski definition) is 2. The maximum atomic E-state index is 6.30. The van der Waals surface area contributed by atoms with Crippen LogP contribution in [0.3, 0.4) is 0 Å². The molecule has 0 aromatic carbocycles. The predicted octanol–water partition coefficient (Wildman–Crippen LogP) is 3.02. The summed E-state index contributed by atoms with van der Waals surface area (Å²) in [5.74, 6) is 1.98. The van der Waals surface area contributed by atoms with Crippen molar-refractivity contribution in [3.63, 3.8) is 0 Å². The highest BCUT2D eigenvalue weighted by atomic mass is 15.2. The molecule has 3 atom stereocenters. The average Bonchev–Trinajstić information content (AvgIpc) is 2.89. The molecule has 2 saturated carbocycles. The number of nitrogens with zero attached hydrogens (tertiary/aromatic N) is 1. The molecule has 1 saturated heterocycles. The molecule has 104 valence electrons. The van der Waals surface area contributed by atoms with Gasteiger partial charge < -0.3 is 5.73 Å². The van der Waals surface area contributed by atoms with Gasteiger partial charge in [0, 0.05) is 25.2 Å². The fourth-order valence-electron chi connectivity index (χ4n) is 5.23. The third kappa shape index (κ3) is 1.76. The minimum absolute atomic E-state index is 0.301. The van der Waals surface area contributed by atoms with Crippen LogP contribution in [-0.2, 0) is 0 Å². The van der Waals surface area contributed by atoms with Gasteiger partial charge in [0.05, 0.1) is 0 Å². The van der Waals surface area contributed by atoms with E-state index in [1.165, 1.54) is 58.0 Å². The Morgan fingerprint density at radius 2 is 1.61 bits per heavy atom. The van der Waals surface area contributed by atoms with E-state index in [0.717, 1.165) is 18.4 Å². The lowest BCUT2D eigenvalue weighted by Crippen LogP contribution is -2.63. The van der Waals surface area contributed by atoms with Gasteiger partial charge in [-0.3, -0.25) is 4.90 Å². The minimum Gasteiger partial charge on any atom is -0.329 e. The highest BCUT2D eigenvalue weighted by Gasteiger charge is 2.53. The second-order valence-corrected chi connectivity index (χ2v) is 7.68. The van der Waals surface area contributed by atoms with Crippen molar-refractivity contribution in [1.82, 2.24) is 4.90 Å². The normalized spacial score (nSPS) is 44.2. The van der Waals surface area contributed by atoms with Crippen LogP contribution in [0.1, 0.15) is 58.8 Å². The van der Waals surface area contributed by atoms with Gasteiger partial charge in [-0.2, -0.15) is 0 Å². The molecule has 2 nitrogen and oxygen atoms in total. The van der Waals surface area contributed by atoms with E-state index >= 15 is 0 Å². The largest absolute Gasteiger partial charge is 0.329 e. The van der Waals surface area contributed by atoms with Crippen LogP contribution in [0.5, 0.6) is 0 Å². The first-order valence-electron chi connectivity index (χ1n) is 8.04. The molecule has 1 heterocycles. The van der Waals surface area contributed by atoms with Gasteiger partial charge in [-0.15, -0.1) is 0 Å². The van der Waals surface area contributed by atoms with Crippen molar-refractivity contribution in [3.05, 3.63) is 0 Å². The highest BCUT2D eigenvalue weighted by Crippen LogP contribution is 2.51. The van der Waals surface area contributed by atoms with Crippen molar-refractivity contribution >= 4 is 0 Å². The van der Waals surface area contributed by atoms with Gasteiger partial charge >= 0.3 is 0 Å². The molecule has 2 aliphatic carbocycles. The highest BCUT2D eigenvalue weighted by molar-refractivity contribution is 5.08. The molecule has 0 aromatic rings. The smallest absolute Gasteiger partial charge is 0.0382 e. The first-order valence-corrected chi connectivity index (χ1v) is 8.04. The molecule has 18 heavy (non-hydrogen) atoms. The van der Waals surface area contributed by atoms with Gasteiger partial charge in [0.2, 0.25) is 0 Å². The van der Waals surface area contributed by atoms with E-state index < -0.39 is 0 Å². The predicted molar refractivity (Wildman–Crippen MR) is 76.4 cm³/mol. The van der Waals surface area contributed by atoms with Crippen LogP contribution in [0, 0.1) is 17.3 Å². The van der Waals surface area contributed by atoms with E-state index in [0.29, 0.717) is 11.0 Å². The summed E-state index contributed by atoms with van der Waals surface area (Å²) in [6.07, 6.45) is 9.89. The molecule has 2 N–H and O–H groups in total. The third-order valence-electron chi connectivity index (χ3n) is 6.57. The maximum Gasteiger partial charge on any atom is 0.0382 e. The molecule has 0 radical (unpaired) electrons. The second kappa shape index (κ2) is 4.49. The Morgan fingerprint density at radius 1 is 1.00 bits per heavy atom. The summed E-state index contributed by atoms with van der Waals surface area (Å²) in [7, 11) is 0. The number of rotatable bonds is 2. The lowest BCUT2D eigenvalue weighted by atomic mass is 9.62. The Kier molecular flexibility index (Phi) is 3.22. The van der Waals surface area contributed by atoms with Crippen LogP contribution in [0.2, 0.25) is 0 Å². The van der Waals surface area contributed by atoms with Crippen LogP contribution in [0.4, 0.5) is 0 Å². The zero-order chi connectivity index (χ0) is 12.8. The van der Waals surface area contributed by atoms with Gasteiger partial charge in [0.1, 0.15) is 0 Å². The van der Waals surface area contributed by atoms with E-state index in [9.17, 15) is 0 Å². The SMILES string of the molecule is CC1(C)CCCCC1(CN)N1CC2CCCC2C1. The van der Waals surface area contributed by atoms with Gasteiger partial charge in [0.15, 0.2) is 0 Å². The average molecular weight is 250 g/mol. The molecule has 0 aromatic heterocycles. The molecule has 3 fully saturated rings. The molecule has 1 aliphatic heterocycles. The van der Waals surface area contributed by atoms with Crippen LogP contribution in [-0.4, -0.2) is 30.1 Å². The van der Waals surface area contributed by atoms with Crippen LogP contribution < -0.4 is 5.73 Å².